The Labute approximate surface area is 173 Å². The zero-order valence-electron chi connectivity index (χ0n) is 19.3. The van der Waals surface area contributed by atoms with E-state index in [0.717, 1.165) is 5.92 Å². The van der Waals surface area contributed by atoms with Crippen molar-refractivity contribution in [1.82, 2.24) is 0 Å². The Balaban J connectivity index is 1.81. The fourth-order valence-corrected chi connectivity index (χ4v) is 4.88. The van der Waals surface area contributed by atoms with Crippen LogP contribution in [0.2, 0.25) is 0 Å². The molecule has 0 aromatic heterocycles. The molecule has 1 N–H and O–H groups in total. The number of quaternary nitrogens is 1. The highest BCUT2D eigenvalue weighted by molar-refractivity contribution is 4.63. The number of likely N-dealkylation sites (tertiary alicyclic amines) is 1. The molecule has 0 bridgehead atoms. The van der Waals surface area contributed by atoms with Crippen molar-refractivity contribution in [3.05, 3.63) is 0 Å². The van der Waals surface area contributed by atoms with Crippen LogP contribution in [0.25, 0.3) is 0 Å². The summed E-state index contributed by atoms with van der Waals surface area (Å²) in [4.78, 5) is 1.92. The molecule has 0 aromatic carbocycles. The predicted molar refractivity (Wildman–Crippen MR) is 123 cm³/mol. The molecular weight excluding hydrogens is 326 g/mol. The highest BCUT2D eigenvalue weighted by atomic mass is 15.1. The molecule has 1 aliphatic rings. The van der Waals surface area contributed by atoms with E-state index in [1.807, 2.05) is 4.90 Å². The summed E-state index contributed by atoms with van der Waals surface area (Å²) in [6, 6.07) is 0. The first-order valence-corrected chi connectivity index (χ1v) is 13.2. The molecule has 0 spiro atoms. The quantitative estimate of drug-likeness (QED) is 0.223. The van der Waals surface area contributed by atoms with E-state index in [1.54, 1.807) is 0 Å². The van der Waals surface area contributed by atoms with Gasteiger partial charge in [-0.15, -0.1) is 0 Å². The van der Waals surface area contributed by atoms with Crippen molar-refractivity contribution in [1.29, 1.82) is 0 Å². The Morgan fingerprint density at radius 1 is 0.519 bits per heavy atom. The number of unbranched alkanes of at least 4 members (excludes halogenated alkanes) is 15. The van der Waals surface area contributed by atoms with E-state index < -0.39 is 0 Å². The van der Waals surface area contributed by atoms with Crippen LogP contribution in [0.3, 0.4) is 0 Å². The van der Waals surface area contributed by atoms with Gasteiger partial charge >= 0.3 is 0 Å². The lowest BCUT2D eigenvalue weighted by atomic mass is 9.91. The van der Waals surface area contributed by atoms with E-state index >= 15 is 0 Å². The van der Waals surface area contributed by atoms with Gasteiger partial charge in [-0.25, -0.2) is 0 Å². The smallest absolute Gasteiger partial charge is 0.0773 e. The normalized spacial score (nSPS) is 20.2. The summed E-state index contributed by atoms with van der Waals surface area (Å²) >= 11 is 0. The molecule has 0 aromatic rings. The van der Waals surface area contributed by atoms with Crippen molar-refractivity contribution < 1.29 is 4.90 Å². The molecule has 1 fully saturated rings. The molecule has 162 valence electrons. The monoisotopic (exact) mass is 380 g/mol. The zero-order valence-corrected chi connectivity index (χ0v) is 19.3. The molecule has 0 atom stereocenters. The van der Waals surface area contributed by atoms with Crippen molar-refractivity contribution in [3.8, 4) is 0 Å². The van der Waals surface area contributed by atoms with Crippen molar-refractivity contribution in [2.45, 2.75) is 142 Å². The van der Waals surface area contributed by atoms with Crippen LogP contribution in [0.5, 0.6) is 0 Å². The number of hydrogen-bond donors (Lipinski definition) is 1. The Morgan fingerprint density at radius 2 is 0.926 bits per heavy atom. The summed E-state index contributed by atoms with van der Waals surface area (Å²) in [6.45, 7) is 9.01. The number of nitrogens with one attached hydrogen (secondary N) is 1. The minimum atomic E-state index is 1.07. The molecule has 0 unspecified atom stereocenters. The fraction of sp³-hybridized carbons (Fsp3) is 1.00. The van der Waals surface area contributed by atoms with E-state index in [1.165, 1.54) is 148 Å². The minimum absolute atomic E-state index is 1.07. The van der Waals surface area contributed by atoms with Crippen LogP contribution in [-0.4, -0.2) is 19.6 Å². The summed E-state index contributed by atoms with van der Waals surface area (Å²) in [6.07, 6.45) is 29.5. The predicted octanol–water partition coefficient (Wildman–Crippen LogP) is 7.34. The van der Waals surface area contributed by atoms with Gasteiger partial charge in [-0.2, -0.15) is 0 Å². The van der Waals surface area contributed by atoms with E-state index in [0.29, 0.717) is 0 Å². The van der Waals surface area contributed by atoms with Gasteiger partial charge in [-0.05, 0) is 31.6 Å². The lowest BCUT2D eigenvalue weighted by molar-refractivity contribution is -0.906. The minimum Gasteiger partial charge on any atom is -0.335 e. The van der Waals surface area contributed by atoms with E-state index in [9.17, 15) is 0 Å². The third-order valence-corrected chi connectivity index (χ3v) is 6.91. The Bertz CT molecular complexity index is 280. The molecule has 0 amide bonds. The summed E-state index contributed by atoms with van der Waals surface area (Å²) in [5.41, 5.74) is 0. The topological polar surface area (TPSA) is 4.44 Å². The van der Waals surface area contributed by atoms with Gasteiger partial charge in [0.05, 0.1) is 19.6 Å². The number of piperidine rings is 1. The third-order valence-electron chi connectivity index (χ3n) is 6.91. The molecule has 0 aliphatic carbocycles. The summed E-state index contributed by atoms with van der Waals surface area (Å²) in [5, 5.41) is 0. The van der Waals surface area contributed by atoms with Crippen LogP contribution in [0.1, 0.15) is 142 Å². The van der Waals surface area contributed by atoms with Gasteiger partial charge < -0.3 is 4.90 Å². The first-order chi connectivity index (χ1) is 13.4. The first-order valence-electron chi connectivity index (χ1n) is 13.2. The van der Waals surface area contributed by atoms with Crippen LogP contribution in [0.15, 0.2) is 0 Å². The Kier molecular flexibility index (Phi) is 17.9. The van der Waals surface area contributed by atoms with Crippen LogP contribution >= 0.6 is 0 Å². The van der Waals surface area contributed by atoms with Gasteiger partial charge in [0.15, 0.2) is 0 Å². The average Bonchev–Trinajstić information content (AvgIpc) is 2.70. The summed E-state index contributed by atoms with van der Waals surface area (Å²) < 4.78 is 0. The second kappa shape index (κ2) is 19.3. The van der Waals surface area contributed by atoms with Gasteiger partial charge in [-0.3, -0.25) is 0 Å². The van der Waals surface area contributed by atoms with E-state index in [-0.39, 0.29) is 0 Å². The third kappa shape index (κ3) is 15.5. The molecule has 1 heteroatoms. The van der Waals surface area contributed by atoms with Crippen molar-refractivity contribution in [2.75, 3.05) is 19.6 Å². The largest absolute Gasteiger partial charge is 0.335 e. The maximum Gasteiger partial charge on any atom is 0.0773 e. The highest BCUT2D eigenvalue weighted by Gasteiger charge is 2.21. The Hall–Kier alpha value is -0.0400. The summed E-state index contributed by atoms with van der Waals surface area (Å²) in [5.74, 6) is 1.07. The van der Waals surface area contributed by atoms with E-state index in [2.05, 4.69) is 13.8 Å². The van der Waals surface area contributed by atoms with Crippen LogP contribution in [-0.2, 0) is 0 Å². The van der Waals surface area contributed by atoms with Crippen LogP contribution < -0.4 is 4.90 Å². The van der Waals surface area contributed by atoms with Gasteiger partial charge in [-0.1, -0.05) is 117 Å². The first kappa shape index (κ1) is 25.0. The summed E-state index contributed by atoms with van der Waals surface area (Å²) in [7, 11) is 0. The van der Waals surface area contributed by atoms with Crippen LogP contribution in [0, 0.1) is 5.92 Å². The number of rotatable bonds is 19. The van der Waals surface area contributed by atoms with Gasteiger partial charge in [0.25, 0.3) is 0 Å². The van der Waals surface area contributed by atoms with Gasteiger partial charge in [0.2, 0.25) is 0 Å². The van der Waals surface area contributed by atoms with Crippen molar-refractivity contribution in [2.24, 2.45) is 5.92 Å². The molecular formula is C26H54N+. The lowest BCUT2D eigenvalue weighted by Gasteiger charge is -2.29. The number of hydrogen-bond acceptors (Lipinski definition) is 0. The van der Waals surface area contributed by atoms with E-state index in [4.69, 9.17) is 0 Å². The van der Waals surface area contributed by atoms with Crippen molar-refractivity contribution >= 4 is 0 Å². The molecule has 1 rings (SSSR count). The molecule has 1 nitrogen and oxygen atoms in total. The fourth-order valence-electron chi connectivity index (χ4n) is 4.88. The second-order valence-corrected chi connectivity index (χ2v) is 9.54. The lowest BCUT2D eigenvalue weighted by Crippen LogP contribution is -3.13. The molecule has 1 saturated heterocycles. The highest BCUT2D eigenvalue weighted by Crippen LogP contribution is 2.19. The zero-order chi connectivity index (χ0) is 19.4. The molecule has 1 heterocycles. The maximum absolute atomic E-state index is 2.31. The second-order valence-electron chi connectivity index (χ2n) is 9.54. The van der Waals surface area contributed by atoms with Crippen molar-refractivity contribution in [3.63, 3.8) is 0 Å². The Morgan fingerprint density at radius 3 is 1.41 bits per heavy atom. The van der Waals surface area contributed by atoms with Crippen LogP contribution in [0.4, 0.5) is 0 Å². The molecule has 27 heavy (non-hydrogen) atoms. The molecule has 1 aliphatic heterocycles. The molecule has 0 radical (unpaired) electrons. The van der Waals surface area contributed by atoms with Gasteiger partial charge in [0.1, 0.15) is 0 Å². The standard InChI is InChI=1S/C26H53N/c1-3-5-7-9-11-12-13-14-15-16-18-20-26-21-24-27(25-22-26)23-19-17-10-8-6-4-2/h26H,3-25H2,1-2H3/p+1. The van der Waals surface area contributed by atoms with Gasteiger partial charge in [0, 0.05) is 0 Å². The average molecular weight is 381 g/mol. The SMILES string of the molecule is CCCCCCCCCCCCCC1CC[NH+](CCCCCCCC)CC1. The maximum atomic E-state index is 2.31. The molecule has 0 saturated carbocycles.